The number of aromatic nitrogens is 2. The fourth-order valence-electron chi connectivity index (χ4n) is 9.75. The van der Waals surface area contributed by atoms with E-state index in [1.54, 1.807) is 19.9 Å². The highest BCUT2D eigenvalue weighted by molar-refractivity contribution is 7.90. The normalized spacial score (nSPS) is 26.9. The third-order valence-electron chi connectivity index (χ3n) is 12.5. The molecule has 0 spiro atoms. The number of nitrogens with one attached hydrogen (secondary N) is 4. The summed E-state index contributed by atoms with van der Waals surface area (Å²) in [5.41, 5.74) is -1.32. The average Bonchev–Trinajstić information content (AvgIpc) is 3.80. The second-order valence-corrected chi connectivity index (χ2v) is 17.2. The van der Waals surface area contributed by atoms with Gasteiger partial charge in [0.1, 0.15) is 0 Å². The van der Waals surface area contributed by atoms with Gasteiger partial charge in [0.05, 0.1) is 31.0 Å². The first-order chi connectivity index (χ1) is 29.4. The molecule has 5 heterocycles. The molecule has 0 amide bonds. The molecule has 0 aromatic carbocycles. The largest absolute Gasteiger partial charge is 0.481 e. The second kappa shape index (κ2) is 19.0. The first-order valence-electron chi connectivity index (χ1n) is 20.0. The molecule has 2 aromatic heterocycles. The quantitative estimate of drug-likeness (QED) is 0.0839. The van der Waals surface area contributed by atoms with Crippen LogP contribution in [0.5, 0.6) is 0 Å². The fraction of sp³-hybridized carbons (Fsp3) is 0.476. The van der Waals surface area contributed by atoms with Gasteiger partial charge in [-0.15, -0.1) is 12.6 Å². The Morgan fingerprint density at radius 1 is 0.619 bits per heavy atom. The van der Waals surface area contributed by atoms with Gasteiger partial charge in [-0.2, -0.15) is 0 Å². The monoisotopic (exact) mass is 898 g/mol. The highest BCUT2D eigenvalue weighted by Gasteiger charge is 2.55. The lowest BCUT2D eigenvalue weighted by Gasteiger charge is -2.36. The molecule has 12 N–H and O–H groups in total. The number of fused-ring (bicyclic) bond motifs is 8. The third kappa shape index (κ3) is 10.5. The lowest BCUT2D eigenvalue weighted by molar-refractivity contribution is -0.141. The third-order valence-corrected chi connectivity index (χ3v) is 13.0. The van der Waals surface area contributed by atoms with E-state index in [0.29, 0.717) is 0 Å². The summed E-state index contributed by atoms with van der Waals surface area (Å²) < 4.78 is 0. The maximum Gasteiger partial charge on any atom is 0.307 e. The van der Waals surface area contributed by atoms with Crippen LogP contribution in [0, 0.1) is 22.7 Å². The van der Waals surface area contributed by atoms with Crippen LogP contribution < -0.4 is 21.3 Å². The summed E-state index contributed by atoms with van der Waals surface area (Å²) in [7, 11) is 0. The van der Waals surface area contributed by atoms with E-state index >= 15 is 0 Å². The van der Waals surface area contributed by atoms with Gasteiger partial charge in [-0.05, 0) is 72.1 Å². The summed E-state index contributed by atoms with van der Waals surface area (Å²) in [5.74, 6) is -11.7. The van der Waals surface area contributed by atoms with E-state index in [9.17, 15) is 79.2 Å². The zero-order valence-electron chi connectivity index (χ0n) is 34.3. The number of aromatic amines is 2. The number of carbonyl (C=O) groups is 8. The lowest BCUT2D eigenvalue weighted by atomic mass is 9.67. The Hall–Kier alpha value is -6.35. The van der Waals surface area contributed by atoms with Gasteiger partial charge in [-0.25, -0.2) is 0 Å². The van der Waals surface area contributed by atoms with Crippen LogP contribution in [0.25, 0.3) is 17.1 Å². The fourth-order valence-corrected chi connectivity index (χ4v) is 10.3. The molecule has 2 aromatic rings. The van der Waals surface area contributed by atoms with E-state index in [4.69, 9.17) is 12.6 Å². The average molecular weight is 899 g/mol. The van der Waals surface area contributed by atoms with Crippen molar-refractivity contribution in [2.45, 2.75) is 103 Å². The Labute approximate surface area is 363 Å². The number of hydrogen-bond acceptors (Lipinski definition) is 11. The van der Waals surface area contributed by atoms with Crippen LogP contribution in [0.15, 0.2) is 17.5 Å². The molecule has 0 aliphatic carbocycles. The summed E-state index contributed by atoms with van der Waals surface area (Å²) in [6, 6.07) is -2.01. The van der Waals surface area contributed by atoms with Crippen molar-refractivity contribution in [2.75, 3.05) is 0 Å². The molecule has 3 aliphatic heterocycles. The summed E-state index contributed by atoms with van der Waals surface area (Å²) >= 11 is 4.93. The standard InChI is InChI=1S/C42H50N4O16S/c1-41(16-36(59)60)22(5-9-32(51)52)27-14-26-20(11-34(55)56)18(3-7-30(47)48)24(43-26)13-25-19(4-8-31(49)50)21(12-35(57)58)38(45-25)39(63)40-42(2,17-37(61)62)23(6-10-33(53)54)28(46-40)15-29(41)44-27/h13-15,22-23,28,40,43-46,63H,3-12,16-17H2,1-2H3,(H,47,48)(H,49,50)(H,51,52)(H,53,54)(H,55,56)(H,57,58)(H,59,60)(H,61,62)/b25-13-,27-14-,29-15-,39-38+/t22-,23-,28?,40?,41+,42+/m1/s1. The molecular formula is C42H50N4O16S. The number of rotatable bonds is 20. The summed E-state index contributed by atoms with van der Waals surface area (Å²) in [6.07, 6.45) is -0.304. The first kappa shape index (κ1) is 47.7. The zero-order valence-corrected chi connectivity index (χ0v) is 35.2. The molecule has 0 saturated carbocycles. The van der Waals surface area contributed by atoms with Crippen molar-refractivity contribution in [1.29, 1.82) is 0 Å². The van der Waals surface area contributed by atoms with Crippen LogP contribution in [0.1, 0.15) is 98.9 Å². The van der Waals surface area contributed by atoms with Crippen molar-refractivity contribution < 1.29 is 79.2 Å². The second-order valence-electron chi connectivity index (χ2n) is 16.8. The van der Waals surface area contributed by atoms with E-state index in [1.807, 2.05) is 0 Å². The van der Waals surface area contributed by atoms with Crippen molar-refractivity contribution in [1.82, 2.24) is 20.6 Å². The van der Waals surface area contributed by atoms with Gasteiger partial charge in [0, 0.05) is 87.6 Å². The molecule has 2 unspecified atom stereocenters. The highest BCUT2D eigenvalue weighted by Crippen LogP contribution is 2.53. The Kier molecular flexibility index (Phi) is 14.3. The van der Waals surface area contributed by atoms with Crippen molar-refractivity contribution in [2.24, 2.45) is 22.7 Å². The van der Waals surface area contributed by atoms with Crippen LogP contribution in [-0.2, 0) is 64.0 Å². The molecule has 6 atom stereocenters. The van der Waals surface area contributed by atoms with Crippen molar-refractivity contribution in [3.05, 3.63) is 61.8 Å². The summed E-state index contributed by atoms with van der Waals surface area (Å²) in [6.45, 7) is 3.22. The topological polar surface area (TPSA) is 354 Å². The molecule has 63 heavy (non-hydrogen) atoms. The number of thiol groups is 1. The maximum atomic E-state index is 12.7. The molecule has 2 saturated heterocycles. The first-order valence-corrected chi connectivity index (χ1v) is 20.5. The van der Waals surface area contributed by atoms with Crippen LogP contribution >= 0.6 is 12.6 Å². The minimum absolute atomic E-state index is 0.0779. The van der Waals surface area contributed by atoms with Gasteiger partial charge in [0.25, 0.3) is 0 Å². The Morgan fingerprint density at radius 2 is 1.16 bits per heavy atom. The Morgan fingerprint density at radius 3 is 1.71 bits per heavy atom. The Balaban J connectivity index is 2.03. The van der Waals surface area contributed by atoms with Crippen molar-refractivity contribution in [3.8, 4) is 0 Å². The van der Waals surface area contributed by atoms with Gasteiger partial charge in [-0.3, -0.25) is 38.4 Å². The minimum Gasteiger partial charge on any atom is -0.481 e. The maximum absolute atomic E-state index is 12.7. The van der Waals surface area contributed by atoms with Gasteiger partial charge in [-0.1, -0.05) is 13.8 Å². The van der Waals surface area contributed by atoms with E-state index in [-0.39, 0.29) is 86.3 Å². The number of aliphatic carboxylic acids is 8. The minimum atomic E-state index is -1.41. The number of allylic oxidation sites excluding steroid dienone is 2. The van der Waals surface area contributed by atoms with Gasteiger partial charge >= 0.3 is 47.8 Å². The van der Waals surface area contributed by atoms with E-state index < -0.39 is 134 Å². The van der Waals surface area contributed by atoms with E-state index in [1.165, 1.54) is 12.2 Å². The number of carboxylic acid groups (broad SMARTS) is 8. The van der Waals surface area contributed by atoms with Gasteiger partial charge in [0.2, 0.25) is 0 Å². The predicted octanol–water partition coefficient (Wildman–Crippen LogP) is 1.60. The number of H-pyrrole nitrogens is 2. The van der Waals surface area contributed by atoms with Crippen LogP contribution in [-0.4, -0.2) is 111 Å². The van der Waals surface area contributed by atoms with Crippen molar-refractivity contribution in [3.63, 3.8) is 0 Å². The van der Waals surface area contributed by atoms with Crippen LogP contribution in [0.3, 0.4) is 0 Å². The molecule has 340 valence electrons. The van der Waals surface area contributed by atoms with Crippen molar-refractivity contribution >= 4 is 77.4 Å². The summed E-state index contributed by atoms with van der Waals surface area (Å²) in [5, 5.41) is 87.1. The SMILES string of the molecule is C[C@@]1(CC(=O)O)/C2=C/C3NC(/C(S)=c4\[nH]/c(c(CCC(=O)O)c4CC(=O)O)=C\c4[nH]c(c(CC(=O)O)c4CCC(=O)O)/C=C(\N2)[C@H]1CCC(=O)O)[C@@](C)(CC(=O)O)[C@@H]3CCC(=O)O. The molecule has 3 aliphatic rings. The molecule has 20 nitrogen and oxygen atoms in total. The van der Waals surface area contributed by atoms with E-state index in [2.05, 4.69) is 20.6 Å². The van der Waals surface area contributed by atoms with E-state index in [0.717, 1.165) is 0 Å². The lowest BCUT2D eigenvalue weighted by Crippen LogP contribution is -2.41. The molecule has 2 fully saturated rings. The number of carboxylic acids is 8. The molecule has 8 bridgehead atoms. The predicted molar refractivity (Wildman–Crippen MR) is 223 cm³/mol. The van der Waals surface area contributed by atoms with Gasteiger partial charge < -0.3 is 61.5 Å². The smallest absolute Gasteiger partial charge is 0.307 e. The molecular weight excluding hydrogens is 849 g/mol. The summed E-state index contributed by atoms with van der Waals surface area (Å²) in [4.78, 5) is 105. The number of hydrogen-bond donors (Lipinski definition) is 13. The molecule has 21 heteroatoms. The van der Waals surface area contributed by atoms with Gasteiger partial charge in [0.15, 0.2) is 0 Å². The highest BCUT2D eigenvalue weighted by atomic mass is 32.1. The van der Waals surface area contributed by atoms with Crippen LogP contribution in [0.4, 0.5) is 0 Å². The molecule has 0 radical (unpaired) electrons. The van der Waals surface area contributed by atoms with Crippen LogP contribution in [0.2, 0.25) is 0 Å². The molecule has 5 rings (SSSR count). The zero-order chi connectivity index (χ0) is 46.7. The Bertz CT molecular complexity index is 2450.